The van der Waals surface area contributed by atoms with Crippen LogP contribution >= 0.6 is 0 Å². The number of nitrogens with zero attached hydrogens (tertiary/aromatic N) is 7. The van der Waals surface area contributed by atoms with Crippen LogP contribution in [0.1, 0.15) is 49.8 Å². The first kappa shape index (κ1) is 28.3. The molecular formula is C28H31F3N8O2. The summed E-state index contributed by atoms with van der Waals surface area (Å²) in [5.41, 5.74) is -0.771. The maximum atomic E-state index is 14.1. The van der Waals surface area contributed by atoms with E-state index in [1.165, 1.54) is 44.5 Å². The smallest absolute Gasteiger partial charge is 0.324 e. The average molecular weight is 569 g/mol. The Bertz CT molecular complexity index is 1710. The highest BCUT2D eigenvalue weighted by Crippen LogP contribution is 2.40. The molecule has 0 amide bonds. The van der Waals surface area contributed by atoms with Gasteiger partial charge in [-0.1, -0.05) is 12.1 Å². The van der Waals surface area contributed by atoms with Crippen LogP contribution in [0.3, 0.4) is 0 Å². The first-order valence-electron chi connectivity index (χ1n) is 13.3. The summed E-state index contributed by atoms with van der Waals surface area (Å²) in [7, 11) is 1.97. The maximum absolute atomic E-state index is 14.1. The van der Waals surface area contributed by atoms with Gasteiger partial charge in [0.1, 0.15) is 5.39 Å². The summed E-state index contributed by atoms with van der Waals surface area (Å²) in [6.45, 7) is 8.93. The van der Waals surface area contributed by atoms with Crippen molar-refractivity contribution in [3.05, 3.63) is 81.0 Å². The first-order valence-corrected chi connectivity index (χ1v) is 13.3. The molecule has 0 atom stereocenters. The number of rotatable bonds is 7. The fourth-order valence-electron chi connectivity index (χ4n) is 5.19. The Morgan fingerprint density at radius 1 is 1.15 bits per heavy atom. The van der Waals surface area contributed by atoms with E-state index in [4.69, 9.17) is 0 Å². The van der Waals surface area contributed by atoms with E-state index in [1.807, 2.05) is 7.05 Å². The number of piperidine rings is 1. The van der Waals surface area contributed by atoms with Crippen molar-refractivity contribution in [1.29, 1.82) is 0 Å². The van der Waals surface area contributed by atoms with Gasteiger partial charge < -0.3 is 10.2 Å². The first-order chi connectivity index (χ1) is 19.5. The lowest BCUT2D eigenvalue weighted by atomic mass is 9.86. The number of hydrogen-bond acceptors (Lipinski definition) is 7. The van der Waals surface area contributed by atoms with Gasteiger partial charge in [0.2, 0.25) is 5.95 Å². The Morgan fingerprint density at radius 3 is 2.54 bits per heavy atom. The molecule has 0 unspecified atom stereocenters. The highest BCUT2D eigenvalue weighted by atomic mass is 19.4. The number of hydrogen-bond donors (Lipinski definition) is 1. The zero-order valence-corrected chi connectivity index (χ0v) is 23.0. The largest absolute Gasteiger partial charge is 0.416 e. The standard InChI is InChI=1S/C28H31F3N8O2/c1-5-12-37-26(41)21-16-32-27(34-25(21)39(37)23-8-9-24(40)38(35-23)17(2)3)33-19-6-7-20(22(15-19)28(29,30)31)18-10-13-36(4)14-11-18/h5-9,15-18H,1,10-14H2,2-4H3,(H,32,33,34). The van der Waals surface area contributed by atoms with Gasteiger partial charge in [-0.15, -0.1) is 11.7 Å². The normalized spacial score (nSPS) is 15.1. The van der Waals surface area contributed by atoms with E-state index in [1.54, 1.807) is 19.9 Å². The molecule has 216 valence electrons. The van der Waals surface area contributed by atoms with E-state index in [9.17, 15) is 22.8 Å². The summed E-state index contributed by atoms with van der Waals surface area (Å²) in [6, 6.07) is 6.78. The Morgan fingerprint density at radius 2 is 1.88 bits per heavy atom. The van der Waals surface area contributed by atoms with Crippen LogP contribution in [-0.2, 0) is 12.7 Å². The minimum absolute atomic E-state index is 0.000602. The zero-order chi connectivity index (χ0) is 29.5. The van der Waals surface area contributed by atoms with E-state index >= 15 is 0 Å². The summed E-state index contributed by atoms with van der Waals surface area (Å²) in [5.74, 6) is 0.0863. The molecule has 0 radical (unpaired) electrons. The van der Waals surface area contributed by atoms with Gasteiger partial charge in [0.25, 0.3) is 11.1 Å². The minimum Gasteiger partial charge on any atom is -0.324 e. The molecule has 41 heavy (non-hydrogen) atoms. The third-order valence-electron chi connectivity index (χ3n) is 7.27. The zero-order valence-electron chi connectivity index (χ0n) is 23.0. The van der Waals surface area contributed by atoms with Crippen LogP contribution in [0.4, 0.5) is 24.8 Å². The van der Waals surface area contributed by atoms with Crippen molar-refractivity contribution in [2.75, 3.05) is 25.5 Å². The molecule has 4 heterocycles. The average Bonchev–Trinajstić information content (AvgIpc) is 3.19. The van der Waals surface area contributed by atoms with Crippen LogP contribution in [-0.4, -0.2) is 54.1 Å². The molecular weight excluding hydrogens is 537 g/mol. The molecule has 5 rings (SSSR count). The molecule has 1 aliphatic heterocycles. The summed E-state index contributed by atoms with van der Waals surface area (Å²) in [5, 5.41) is 7.47. The third kappa shape index (κ3) is 5.53. The molecule has 0 spiro atoms. The van der Waals surface area contributed by atoms with E-state index < -0.39 is 17.3 Å². The number of anilines is 2. The second-order valence-corrected chi connectivity index (χ2v) is 10.5. The van der Waals surface area contributed by atoms with Crippen molar-refractivity contribution in [3.63, 3.8) is 0 Å². The molecule has 3 aromatic heterocycles. The van der Waals surface area contributed by atoms with Gasteiger partial charge in [-0.25, -0.2) is 19.0 Å². The topological polar surface area (TPSA) is 103 Å². The van der Waals surface area contributed by atoms with E-state index in [0.717, 1.165) is 19.2 Å². The van der Waals surface area contributed by atoms with Crippen LogP contribution in [0.2, 0.25) is 0 Å². The molecule has 0 bridgehead atoms. The van der Waals surface area contributed by atoms with Crippen LogP contribution in [0, 0.1) is 0 Å². The van der Waals surface area contributed by atoms with Gasteiger partial charge in [0, 0.05) is 18.0 Å². The Labute approximate surface area is 233 Å². The number of fused-ring (bicyclic) bond motifs is 1. The molecule has 1 N–H and O–H groups in total. The van der Waals surface area contributed by atoms with Crippen molar-refractivity contribution in [2.24, 2.45) is 0 Å². The highest BCUT2D eigenvalue weighted by Gasteiger charge is 2.36. The van der Waals surface area contributed by atoms with Gasteiger partial charge in [-0.2, -0.15) is 18.2 Å². The van der Waals surface area contributed by atoms with Crippen LogP contribution in [0.15, 0.2) is 58.8 Å². The van der Waals surface area contributed by atoms with Gasteiger partial charge in [0.05, 0.1) is 18.2 Å². The third-order valence-corrected chi connectivity index (χ3v) is 7.27. The Balaban J connectivity index is 1.58. The second kappa shape index (κ2) is 11.0. The molecule has 0 saturated carbocycles. The highest BCUT2D eigenvalue weighted by molar-refractivity contribution is 5.77. The Hall–Kier alpha value is -4.26. The Kier molecular flexibility index (Phi) is 7.56. The maximum Gasteiger partial charge on any atom is 0.416 e. The number of nitrogens with one attached hydrogen (secondary N) is 1. The summed E-state index contributed by atoms with van der Waals surface area (Å²) in [6.07, 6.45) is -0.368. The lowest BCUT2D eigenvalue weighted by Gasteiger charge is -2.30. The SMILES string of the molecule is C=CCn1c(=O)c2cnc(Nc3ccc(C4CCN(C)CC4)c(C(F)(F)F)c3)nc2n1-c1ccc(=O)n(C(C)C)n1. The van der Waals surface area contributed by atoms with E-state index in [2.05, 4.69) is 31.9 Å². The molecule has 1 aliphatic rings. The van der Waals surface area contributed by atoms with Crippen molar-refractivity contribution in [1.82, 2.24) is 34.0 Å². The fourth-order valence-corrected chi connectivity index (χ4v) is 5.19. The summed E-state index contributed by atoms with van der Waals surface area (Å²) < 4.78 is 46.5. The number of halogens is 3. The number of aromatic nitrogens is 6. The quantitative estimate of drug-likeness (QED) is 0.328. The van der Waals surface area contributed by atoms with Crippen molar-refractivity contribution in [2.45, 2.75) is 51.4 Å². The summed E-state index contributed by atoms with van der Waals surface area (Å²) in [4.78, 5) is 36.3. The molecule has 0 aliphatic carbocycles. The van der Waals surface area contributed by atoms with Crippen molar-refractivity contribution < 1.29 is 13.2 Å². The van der Waals surface area contributed by atoms with Gasteiger partial charge in [-0.05, 0) is 76.5 Å². The molecule has 1 fully saturated rings. The predicted molar refractivity (Wildman–Crippen MR) is 150 cm³/mol. The van der Waals surface area contributed by atoms with Crippen molar-refractivity contribution in [3.8, 4) is 5.82 Å². The van der Waals surface area contributed by atoms with Crippen LogP contribution in [0.25, 0.3) is 16.9 Å². The van der Waals surface area contributed by atoms with E-state index in [-0.39, 0.29) is 58.1 Å². The number of likely N-dealkylation sites (tertiary alicyclic amines) is 1. The lowest BCUT2D eigenvalue weighted by molar-refractivity contribution is -0.138. The van der Waals surface area contributed by atoms with Crippen LogP contribution in [0.5, 0.6) is 0 Å². The number of benzene rings is 1. The second-order valence-electron chi connectivity index (χ2n) is 10.5. The minimum atomic E-state index is -4.53. The molecule has 1 aromatic carbocycles. The van der Waals surface area contributed by atoms with Gasteiger partial charge >= 0.3 is 6.18 Å². The number of allylic oxidation sites excluding steroid dienone is 1. The lowest BCUT2D eigenvalue weighted by Crippen LogP contribution is -2.30. The predicted octanol–water partition coefficient (Wildman–Crippen LogP) is 4.48. The number of alkyl halides is 3. The monoisotopic (exact) mass is 568 g/mol. The molecule has 10 nitrogen and oxygen atoms in total. The summed E-state index contributed by atoms with van der Waals surface area (Å²) >= 11 is 0. The van der Waals surface area contributed by atoms with Gasteiger partial charge in [0.15, 0.2) is 11.5 Å². The molecule has 13 heteroatoms. The van der Waals surface area contributed by atoms with Crippen LogP contribution < -0.4 is 16.4 Å². The van der Waals surface area contributed by atoms with E-state index in [0.29, 0.717) is 12.8 Å². The van der Waals surface area contributed by atoms with Gasteiger partial charge in [-0.3, -0.25) is 9.59 Å². The van der Waals surface area contributed by atoms with Crippen molar-refractivity contribution >= 4 is 22.7 Å². The molecule has 1 saturated heterocycles. The fraction of sp³-hybridized carbons (Fsp3) is 0.393. The molecule has 4 aromatic rings.